The fourth-order valence-electron chi connectivity index (χ4n) is 2.25. The van der Waals surface area contributed by atoms with Crippen LogP contribution in [0.3, 0.4) is 0 Å². The van der Waals surface area contributed by atoms with Gasteiger partial charge in [-0.1, -0.05) is 12.1 Å². The van der Waals surface area contributed by atoms with Crippen molar-refractivity contribution in [3.8, 4) is 17.0 Å². The molecular formula is C16H20N4O2. The minimum atomic E-state index is -0.221. The van der Waals surface area contributed by atoms with E-state index >= 15 is 0 Å². The van der Waals surface area contributed by atoms with Crippen molar-refractivity contribution in [3.05, 3.63) is 35.5 Å². The van der Waals surface area contributed by atoms with Gasteiger partial charge in [-0.25, -0.2) is 9.97 Å². The first-order valence-corrected chi connectivity index (χ1v) is 7.23. The first kappa shape index (κ1) is 15.8. The van der Waals surface area contributed by atoms with Gasteiger partial charge in [-0.3, -0.25) is 4.79 Å². The van der Waals surface area contributed by atoms with Crippen LogP contribution >= 0.6 is 0 Å². The summed E-state index contributed by atoms with van der Waals surface area (Å²) in [5.74, 6) is 0.571. The molecule has 3 N–H and O–H groups in total. The number of rotatable bonds is 5. The summed E-state index contributed by atoms with van der Waals surface area (Å²) in [6, 6.07) is 7.44. The van der Waals surface area contributed by atoms with Gasteiger partial charge in [0.25, 0.3) is 5.91 Å². The minimum absolute atomic E-state index is 0.131. The number of carbonyl (C=O) groups is 1. The van der Waals surface area contributed by atoms with Crippen molar-refractivity contribution >= 4 is 11.9 Å². The number of nitrogen functional groups attached to an aromatic ring is 1. The molecule has 1 heterocycles. The molecule has 1 amide bonds. The molecule has 0 atom stereocenters. The molecule has 6 nitrogen and oxygen atoms in total. The van der Waals surface area contributed by atoms with E-state index in [0.29, 0.717) is 35.9 Å². The molecule has 0 spiro atoms. The van der Waals surface area contributed by atoms with Gasteiger partial charge in [0.15, 0.2) is 0 Å². The van der Waals surface area contributed by atoms with E-state index in [4.69, 9.17) is 10.5 Å². The molecule has 0 aliphatic rings. The molecule has 1 aromatic carbocycles. The summed E-state index contributed by atoms with van der Waals surface area (Å²) >= 11 is 0. The summed E-state index contributed by atoms with van der Waals surface area (Å²) in [5.41, 5.74) is 7.94. The Balaban J connectivity index is 2.66. The van der Waals surface area contributed by atoms with E-state index < -0.39 is 0 Å². The van der Waals surface area contributed by atoms with E-state index in [1.807, 2.05) is 38.1 Å². The zero-order valence-electron chi connectivity index (χ0n) is 13.0. The largest absolute Gasteiger partial charge is 0.493 e. The summed E-state index contributed by atoms with van der Waals surface area (Å²) in [7, 11) is 0. The third-order valence-electron chi connectivity index (χ3n) is 3.11. The first-order chi connectivity index (χ1) is 10.6. The average Bonchev–Trinajstić information content (AvgIpc) is 2.47. The van der Waals surface area contributed by atoms with Crippen molar-refractivity contribution in [2.75, 3.05) is 18.9 Å². The van der Waals surface area contributed by atoms with Gasteiger partial charge in [0.2, 0.25) is 5.95 Å². The van der Waals surface area contributed by atoms with Gasteiger partial charge in [0.1, 0.15) is 5.75 Å². The molecule has 0 fully saturated rings. The van der Waals surface area contributed by atoms with Crippen molar-refractivity contribution in [2.45, 2.75) is 20.8 Å². The van der Waals surface area contributed by atoms with E-state index in [2.05, 4.69) is 15.3 Å². The number of hydrogen-bond acceptors (Lipinski definition) is 5. The summed E-state index contributed by atoms with van der Waals surface area (Å²) < 4.78 is 5.63. The Morgan fingerprint density at radius 3 is 2.68 bits per heavy atom. The van der Waals surface area contributed by atoms with Crippen LogP contribution in [-0.2, 0) is 0 Å². The molecular weight excluding hydrogens is 280 g/mol. The van der Waals surface area contributed by atoms with Crippen LogP contribution in [0, 0.1) is 6.92 Å². The van der Waals surface area contributed by atoms with Crippen LogP contribution in [-0.4, -0.2) is 29.0 Å². The quantitative estimate of drug-likeness (QED) is 0.883. The maximum absolute atomic E-state index is 12.4. The molecule has 22 heavy (non-hydrogen) atoms. The SMILES string of the molecule is CCNC(=O)c1c(C)nc(N)nc1-c1ccccc1OCC. The lowest BCUT2D eigenvalue weighted by Crippen LogP contribution is -2.25. The highest BCUT2D eigenvalue weighted by atomic mass is 16.5. The summed E-state index contributed by atoms with van der Waals surface area (Å²) in [6.07, 6.45) is 0. The Morgan fingerprint density at radius 2 is 2.00 bits per heavy atom. The maximum atomic E-state index is 12.4. The molecule has 2 aromatic rings. The van der Waals surface area contributed by atoms with Gasteiger partial charge in [-0.2, -0.15) is 0 Å². The Hall–Kier alpha value is -2.63. The van der Waals surface area contributed by atoms with Crippen molar-refractivity contribution in [2.24, 2.45) is 0 Å². The van der Waals surface area contributed by atoms with Crippen LogP contribution in [0.2, 0.25) is 0 Å². The summed E-state index contributed by atoms with van der Waals surface area (Å²) in [6.45, 7) is 6.55. The number of aromatic nitrogens is 2. The maximum Gasteiger partial charge on any atom is 0.255 e. The number of carbonyl (C=O) groups excluding carboxylic acids is 1. The second-order valence-corrected chi connectivity index (χ2v) is 4.68. The molecule has 116 valence electrons. The molecule has 0 aliphatic carbocycles. The van der Waals surface area contributed by atoms with Crippen LogP contribution in [0.1, 0.15) is 29.9 Å². The van der Waals surface area contributed by atoms with Crippen LogP contribution in [0.15, 0.2) is 24.3 Å². The molecule has 2 rings (SSSR count). The molecule has 0 unspecified atom stereocenters. The van der Waals surface area contributed by atoms with Crippen LogP contribution < -0.4 is 15.8 Å². The third-order valence-corrected chi connectivity index (χ3v) is 3.11. The Labute approximate surface area is 129 Å². The first-order valence-electron chi connectivity index (χ1n) is 7.23. The Morgan fingerprint density at radius 1 is 1.27 bits per heavy atom. The molecule has 1 aromatic heterocycles. The lowest BCUT2D eigenvalue weighted by Gasteiger charge is -2.14. The van der Waals surface area contributed by atoms with Gasteiger partial charge in [0, 0.05) is 12.1 Å². The fraction of sp³-hybridized carbons (Fsp3) is 0.312. The zero-order valence-corrected chi connectivity index (χ0v) is 13.0. The van der Waals surface area contributed by atoms with E-state index in [-0.39, 0.29) is 11.9 Å². The van der Waals surface area contributed by atoms with Gasteiger partial charge in [-0.15, -0.1) is 0 Å². The Kier molecular flexibility index (Phi) is 4.93. The standard InChI is InChI=1S/C16H20N4O2/c1-4-18-15(21)13-10(3)19-16(17)20-14(13)11-8-6-7-9-12(11)22-5-2/h6-9H,4-5H2,1-3H3,(H,18,21)(H2,17,19,20). The third kappa shape index (κ3) is 3.16. The highest BCUT2D eigenvalue weighted by Gasteiger charge is 2.21. The number of amides is 1. The molecule has 6 heteroatoms. The lowest BCUT2D eigenvalue weighted by molar-refractivity contribution is 0.0955. The highest BCUT2D eigenvalue weighted by Crippen LogP contribution is 2.32. The molecule has 0 aliphatic heterocycles. The molecule has 0 saturated heterocycles. The fourth-order valence-corrected chi connectivity index (χ4v) is 2.25. The predicted molar refractivity (Wildman–Crippen MR) is 85.8 cm³/mol. The molecule has 0 saturated carbocycles. The van der Waals surface area contributed by atoms with Crippen molar-refractivity contribution in [1.82, 2.24) is 15.3 Å². The number of nitrogens with zero attached hydrogens (tertiary/aromatic N) is 2. The normalized spacial score (nSPS) is 10.3. The number of anilines is 1. The van der Waals surface area contributed by atoms with Gasteiger partial charge >= 0.3 is 0 Å². The van der Waals surface area contributed by atoms with E-state index in [1.54, 1.807) is 6.92 Å². The smallest absolute Gasteiger partial charge is 0.255 e. The van der Waals surface area contributed by atoms with Gasteiger partial charge < -0.3 is 15.8 Å². The monoisotopic (exact) mass is 300 g/mol. The number of aryl methyl sites for hydroxylation is 1. The van der Waals surface area contributed by atoms with E-state index in [9.17, 15) is 4.79 Å². The summed E-state index contributed by atoms with van der Waals surface area (Å²) in [5, 5.41) is 2.78. The second-order valence-electron chi connectivity index (χ2n) is 4.68. The van der Waals surface area contributed by atoms with Crippen molar-refractivity contribution in [3.63, 3.8) is 0 Å². The topological polar surface area (TPSA) is 90.1 Å². The minimum Gasteiger partial charge on any atom is -0.493 e. The number of benzene rings is 1. The zero-order chi connectivity index (χ0) is 16.1. The predicted octanol–water partition coefficient (Wildman–Crippen LogP) is 2.18. The Bertz CT molecular complexity index is 686. The van der Waals surface area contributed by atoms with E-state index in [1.165, 1.54) is 0 Å². The van der Waals surface area contributed by atoms with Crippen LogP contribution in [0.4, 0.5) is 5.95 Å². The van der Waals surface area contributed by atoms with Crippen molar-refractivity contribution < 1.29 is 9.53 Å². The highest BCUT2D eigenvalue weighted by molar-refractivity contribution is 6.01. The van der Waals surface area contributed by atoms with Gasteiger partial charge in [0.05, 0.1) is 23.6 Å². The number of para-hydroxylation sites is 1. The number of ether oxygens (including phenoxy) is 1. The van der Waals surface area contributed by atoms with Gasteiger partial charge in [-0.05, 0) is 32.9 Å². The second kappa shape index (κ2) is 6.89. The van der Waals surface area contributed by atoms with Crippen molar-refractivity contribution in [1.29, 1.82) is 0 Å². The number of nitrogens with one attached hydrogen (secondary N) is 1. The van der Waals surface area contributed by atoms with Crippen LogP contribution in [0.25, 0.3) is 11.3 Å². The van der Waals surface area contributed by atoms with E-state index in [0.717, 1.165) is 5.56 Å². The number of nitrogens with two attached hydrogens (primary N) is 1. The molecule has 0 bridgehead atoms. The van der Waals surface area contributed by atoms with Crippen LogP contribution in [0.5, 0.6) is 5.75 Å². The molecule has 0 radical (unpaired) electrons. The summed E-state index contributed by atoms with van der Waals surface area (Å²) in [4.78, 5) is 20.7. The number of hydrogen-bond donors (Lipinski definition) is 2. The average molecular weight is 300 g/mol. The lowest BCUT2D eigenvalue weighted by atomic mass is 10.0.